The van der Waals surface area contributed by atoms with Gasteiger partial charge in [-0.3, -0.25) is 4.90 Å². The van der Waals surface area contributed by atoms with Crippen molar-refractivity contribution >= 4 is 20.7 Å². The largest absolute Gasteiger partial charge is 0.547 e. The lowest BCUT2D eigenvalue weighted by Crippen LogP contribution is -2.51. The van der Waals surface area contributed by atoms with Gasteiger partial charge < -0.3 is 14.0 Å². The van der Waals surface area contributed by atoms with E-state index < -0.39 is 25.9 Å². The number of methoxy groups -OCH3 is 1. The summed E-state index contributed by atoms with van der Waals surface area (Å²) in [7, 11) is -0.635. The molecule has 0 N–H and O–H groups in total. The third-order valence-corrected chi connectivity index (χ3v) is 9.85. The second-order valence-electron chi connectivity index (χ2n) is 8.47. The van der Waals surface area contributed by atoms with Crippen molar-refractivity contribution in [2.45, 2.75) is 64.7 Å². The SMILES string of the molecule is C=CCN(C(=O)OC)[C@H]1C=C(O[Si](C)(C)C(C)(C)C)CC[C@@]1(C)C=O. The van der Waals surface area contributed by atoms with Gasteiger partial charge in [0.1, 0.15) is 6.29 Å². The molecule has 1 aliphatic rings. The average Bonchev–Trinajstić information content (AvgIpc) is 2.52. The second kappa shape index (κ2) is 7.77. The van der Waals surface area contributed by atoms with Crippen LogP contribution in [0.25, 0.3) is 0 Å². The Bertz CT molecular complexity index is 550. The molecule has 0 saturated heterocycles. The third kappa shape index (κ3) is 4.75. The van der Waals surface area contributed by atoms with Gasteiger partial charge in [0.2, 0.25) is 8.32 Å². The molecule has 142 valence electrons. The summed E-state index contributed by atoms with van der Waals surface area (Å²) in [6.45, 7) is 16.9. The summed E-state index contributed by atoms with van der Waals surface area (Å²) in [6, 6.07) is -0.413. The zero-order valence-corrected chi connectivity index (χ0v) is 17.7. The van der Waals surface area contributed by atoms with Crippen LogP contribution in [0.5, 0.6) is 0 Å². The minimum atomic E-state index is -1.98. The first-order chi connectivity index (χ1) is 11.4. The quantitative estimate of drug-likeness (QED) is 0.394. The third-order valence-electron chi connectivity index (χ3n) is 5.46. The molecule has 0 aromatic heterocycles. The lowest BCUT2D eigenvalue weighted by Gasteiger charge is -2.44. The fourth-order valence-corrected chi connectivity index (χ4v) is 3.82. The number of amides is 1. The molecule has 0 aliphatic heterocycles. The summed E-state index contributed by atoms with van der Waals surface area (Å²) >= 11 is 0. The van der Waals surface area contributed by atoms with Crippen molar-refractivity contribution in [1.82, 2.24) is 4.90 Å². The zero-order chi connectivity index (χ0) is 19.5. The molecular formula is C19H33NO4Si. The van der Waals surface area contributed by atoms with E-state index in [1.165, 1.54) is 12.0 Å². The molecule has 1 aliphatic carbocycles. The van der Waals surface area contributed by atoms with E-state index in [0.717, 1.165) is 12.0 Å². The first kappa shape index (κ1) is 21.5. The highest BCUT2D eigenvalue weighted by atomic mass is 28.4. The Balaban J connectivity index is 3.25. The standard InChI is InChI=1S/C19H33NO4Si/c1-9-12-20(17(22)23-6)16-13-15(10-11-19(16,5)14-21)24-25(7,8)18(2,3)4/h9,13-14,16H,1,10-12H2,2-8H3/t16-,19-/m0/s1. The van der Waals surface area contributed by atoms with Crippen LogP contribution < -0.4 is 0 Å². The summed E-state index contributed by atoms with van der Waals surface area (Å²) in [5, 5.41) is 0.0812. The zero-order valence-electron chi connectivity index (χ0n) is 16.7. The fourth-order valence-electron chi connectivity index (χ4n) is 2.69. The number of nitrogens with zero attached hydrogens (tertiary/aromatic N) is 1. The molecule has 0 bridgehead atoms. The van der Waals surface area contributed by atoms with Gasteiger partial charge in [0.15, 0.2) is 0 Å². The predicted molar refractivity (Wildman–Crippen MR) is 103 cm³/mol. The molecule has 0 saturated carbocycles. The van der Waals surface area contributed by atoms with Gasteiger partial charge >= 0.3 is 6.09 Å². The number of allylic oxidation sites excluding steroid dienone is 1. The van der Waals surface area contributed by atoms with Gasteiger partial charge in [0.05, 0.1) is 18.9 Å². The van der Waals surface area contributed by atoms with E-state index in [2.05, 4.69) is 40.4 Å². The molecular weight excluding hydrogens is 334 g/mol. The van der Waals surface area contributed by atoms with Crippen LogP contribution in [0.3, 0.4) is 0 Å². The Morgan fingerprint density at radius 3 is 2.52 bits per heavy atom. The average molecular weight is 368 g/mol. The number of rotatable bonds is 6. The highest BCUT2D eigenvalue weighted by Gasteiger charge is 2.44. The normalized spacial score (nSPS) is 24.1. The minimum Gasteiger partial charge on any atom is -0.547 e. The molecule has 0 aromatic carbocycles. The van der Waals surface area contributed by atoms with Crippen molar-refractivity contribution in [1.29, 1.82) is 0 Å². The lowest BCUT2D eigenvalue weighted by atomic mass is 9.75. The molecule has 1 amide bonds. The van der Waals surface area contributed by atoms with E-state index in [0.29, 0.717) is 19.4 Å². The van der Waals surface area contributed by atoms with Gasteiger partial charge in [-0.25, -0.2) is 4.79 Å². The van der Waals surface area contributed by atoms with Crippen molar-refractivity contribution in [3.05, 3.63) is 24.5 Å². The molecule has 1 rings (SSSR count). The molecule has 0 fully saturated rings. The molecule has 0 heterocycles. The maximum atomic E-state index is 12.2. The Kier molecular flexibility index (Phi) is 6.67. The predicted octanol–water partition coefficient (Wildman–Crippen LogP) is 4.51. The molecule has 0 radical (unpaired) electrons. The van der Waals surface area contributed by atoms with E-state index in [9.17, 15) is 9.59 Å². The number of carbonyl (C=O) groups is 2. The van der Waals surface area contributed by atoms with E-state index in [1.54, 1.807) is 6.08 Å². The second-order valence-corrected chi connectivity index (χ2v) is 13.2. The lowest BCUT2D eigenvalue weighted by molar-refractivity contribution is -0.118. The van der Waals surface area contributed by atoms with Crippen molar-refractivity contribution in [3.8, 4) is 0 Å². The smallest absolute Gasteiger partial charge is 0.410 e. The monoisotopic (exact) mass is 367 g/mol. The Morgan fingerprint density at radius 2 is 2.08 bits per heavy atom. The van der Waals surface area contributed by atoms with E-state index in [1.807, 2.05) is 13.0 Å². The summed E-state index contributed by atoms with van der Waals surface area (Å²) < 4.78 is 11.3. The van der Waals surface area contributed by atoms with E-state index in [-0.39, 0.29) is 5.04 Å². The Labute approximate surface area is 153 Å². The van der Waals surface area contributed by atoms with Gasteiger partial charge in [0, 0.05) is 18.4 Å². The van der Waals surface area contributed by atoms with Gasteiger partial charge in [-0.2, -0.15) is 0 Å². The van der Waals surface area contributed by atoms with Crippen molar-refractivity contribution < 1.29 is 18.8 Å². The maximum absolute atomic E-state index is 12.2. The number of hydrogen-bond acceptors (Lipinski definition) is 4. The number of aldehydes is 1. The van der Waals surface area contributed by atoms with Crippen LogP contribution in [0.2, 0.25) is 18.1 Å². The van der Waals surface area contributed by atoms with E-state index in [4.69, 9.17) is 9.16 Å². The van der Waals surface area contributed by atoms with Crippen molar-refractivity contribution in [2.24, 2.45) is 5.41 Å². The van der Waals surface area contributed by atoms with Crippen molar-refractivity contribution in [2.75, 3.05) is 13.7 Å². The first-order valence-corrected chi connectivity index (χ1v) is 11.6. The topological polar surface area (TPSA) is 55.8 Å². The Morgan fingerprint density at radius 1 is 1.48 bits per heavy atom. The van der Waals surface area contributed by atoms with Crippen LogP contribution in [0.4, 0.5) is 4.79 Å². The molecule has 6 heteroatoms. The van der Waals surface area contributed by atoms with Crippen LogP contribution in [-0.4, -0.2) is 45.3 Å². The summed E-state index contributed by atoms with van der Waals surface area (Å²) in [5.41, 5.74) is -0.669. The van der Waals surface area contributed by atoms with Crippen LogP contribution in [0.15, 0.2) is 24.5 Å². The van der Waals surface area contributed by atoms with Crippen molar-refractivity contribution in [3.63, 3.8) is 0 Å². The number of ether oxygens (including phenoxy) is 1. The van der Waals surface area contributed by atoms with Gasteiger partial charge in [-0.05, 0) is 30.6 Å². The summed E-state index contributed by atoms with van der Waals surface area (Å²) in [4.78, 5) is 25.6. The molecule has 0 spiro atoms. The highest BCUT2D eigenvalue weighted by Crippen LogP contribution is 2.42. The first-order valence-electron chi connectivity index (χ1n) is 8.73. The van der Waals surface area contributed by atoms with E-state index >= 15 is 0 Å². The van der Waals surface area contributed by atoms with Crippen LogP contribution in [0.1, 0.15) is 40.5 Å². The molecule has 25 heavy (non-hydrogen) atoms. The number of carbonyl (C=O) groups excluding carboxylic acids is 2. The molecule has 5 nitrogen and oxygen atoms in total. The fraction of sp³-hybridized carbons (Fsp3) is 0.684. The highest BCUT2D eigenvalue weighted by molar-refractivity contribution is 6.74. The molecule has 0 aromatic rings. The van der Waals surface area contributed by atoms with Crippen LogP contribution >= 0.6 is 0 Å². The molecule has 0 unspecified atom stereocenters. The Hall–Kier alpha value is -1.56. The van der Waals surface area contributed by atoms with Gasteiger partial charge in [-0.1, -0.05) is 33.8 Å². The maximum Gasteiger partial charge on any atom is 0.410 e. The van der Waals surface area contributed by atoms with Crippen LogP contribution in [0, 0.1) is 5.41 Å². The number of hydrogen-bond donors (Lipinski definition) is 0. The summed E-state index contributed by atoms with van der Waals surface area (Å²) in [6.07, 6.45) is 5.37. The summed E-state index contributed by atoms with van der Waals surface area (Å²) in [5.74, 6) is 0.869. The minimum absolute atomic E-state index is 0.0812. The van der Waals surface area contributed by atoms with Gasteiger partial charge in [-0.15, -0.1) is 6.58 Å². The van der Waals surface area contributed by atoms with Crippen LogP contribution in [-0.2, 0) is 14.0 Å². The van der Waals surface area contributed by atoms with Gasteiger partial charge in [0.25, 0.3) is 0 Å². The molecule has 2 atom stereocenters.